The van der Waals surface area contributed by atoms with E-state index in [2.05, 4.69) is 11.4 Å². The second-order valence-corrected chi connectivity index (χ2v) is 4.97. The van der Waals surface area contributed by atoms with Gasteiger partial charge in [-0.25, -0.2) is 0 Å². The normalized spacial score (nSPS) is 16.2. The van der Waals surface area contributed by atoms with Crippen molar-refractivity contribution in [2.24, 2.45) is 5.92 Å². The number of nitrogens with zero attached hydrogens (tertiary/aromatic N) is 1. The number of hydrogen-bond acceptors (Lipinski definition) is 3. The maximum Gasteiger partial charge on any atom is 0.110 e. The molecule has 14 heavy (non-hydrogen) atoms. The van der Waals surface area contributed by atoms with Gasteiger partial charge in [-0.15, -0.1) is 11.3 Å². The Labute approximate surface area is 88.6 Å². The minimum absolute atomic E-state index is 0.811. The van der Waals surface area contributed by atoms with E-state index in [0.29, 0.717) is 0 Å². The molecule has 0 amide bonds. The first-order chi connectivity index (χ1) is 6.88. The third-order valence-corrected chi connectivity index (χ3v) is 3.72. The third-order valence-electron chi connectivity index (χ3n) is 2.73. The molecule has 1 saturated carbocycles. The van der Waals surface area contributed by atoms with E-state index in [1.54, 1.807) is 11.3 Å². The molecule has 0 saturated heterocycles. The highest BCUT2D eigenvalue weighted by molar-refractivity contribution is 7.12. The molecule has 0 spiro atoms. The Morgan fingerprint density at radius 2 is 2.36 bits per heavy atom. The first-order valence-corrected chi connectivity index (χ1v) is 5.89. The van der Waals surface area contributed by atoms with Crippen LogP contribution in [0, 0.1) is 17.2 Å². The van der Waals surface area contributed by atoms with Gasteiger partial charge in [0, 0.05) is 11.4 Å². The summed E-state index contributed by atoms with van der Waals surface area (Å²) in [6.07, 6.45) is 4.19. The lowest BCUT2D eigenvalue weighted by Crippen LogP contribution is -2.26. The van der Waals surface area contributed by atoms with Gasteiger partial charge < -0.3 is 5.32 Å². The molecule has 1 aliphatic rings. The van der Waals surface area contributed by atoms with Gasteiger partial charge in [0.1, 0.15) is 10.9 Å². The summed E-state index contributed by atoms with van der Waals surface area (Å²) in [4.78, 5) is 2.08. The average Bonchev–Trinajstić information content (AvgIpc) is 2.57. The van der Waals surface area contributed by atoms with Gasteiger partial charge in [-0.1, -0.05) is 6.42 Å². The Kier molecular flexibility index (Phi) is 3.18. The Bertz CT molecular complexity index is 333. The van der Waals surface area contributed by atoms with E-state index in [9.17, 15) is 0 Å². The van der Waals surface area contributed by atoms with E-state index < -0.39 is 0 Å². The van der Waals surface area contributed by atoms with Crippen LogP contribution in [-0.4, -0.2) is 6.54 Å². The Morgan fingerprint density at radius 1 is 1.50 bits per heavy atom. The molecule has 2 rings (SSSR count). The van der Waals surface area contributed by atoms with Crippen molar-refractivity contribution < 1.29 is 0 Å². The van der Waals surface area contributed by atoms with Crippen molar-refractivity contribution in [3.8, 4) is 6.07 Å². The number of thiophene rings is 1. The summed E-state index contributed by atoms with van der Waals surface area (Å²) in [5.74, 6) is 0.908. The molecule has 1 N–H and O–H groups in total. The van der Waals surface area contributed by atoms with Gasteiger partial charge in [-0.2, -0.15) is 5.26 Å². The smallest absolute Gasteiger partial charge is 0.110 e. The standard InChI is InChI=1S/C11H14N2S/c12-6-10-4-5-11(14-10)8-13-7-9-2-1-3-9/h4-5,9,13H,1-3,7-8H2. The summed E-state index contributed by atoms with van der Waals surface area (Å²) in [6.45, 7) is 2.06. The van der Waals surface area contributed by atoms with Crippen LogP contribution in [0.3, 0.4) is 0 Å². The molecule has 1 fully saturated rings. The lowest BCUT2D eigenvalue weighted by Gasteiger charge is -2.25. The fraction of sp³-hybridized carbons (Fsp3) is 0.545. The second kappa shape index (κ2) is 4.59. The fourth-order valence-electron chi connectivity index (χ4n) is 1.63. The van der Waals surface area contributed by atoms with Crippen molar-refractivity contribution in [2.75, 3.05) is 6.54 Å². The van der Waals surface area contributed by atoms with Crippen LogP contribution >= 0.6 is 11.3 Å². The van der Waals surface area contributed by atoms with Gasteiger partial charge in [0.2, 0.25) is 0 Å². The molecule has 1 heterocycles. The van der Waals surface area contributed by atoms with Crippen molar-refractivity contribution in [3.63, 3.8) is 0 Å². The molecule has 0 aromatic carbocycles. The van der Waals surface area contributed by atoms with Crippen LogP contribution < -0.4 is 5.32 Å². The monoisotopic (exact) mass is 206 g/mol. The molecule has 2 nitrogen and oxygen atoms in total. The van der Waals surface area contributed by atoms with Gasteiger partial charge in [0.05, 0.1) is 0 Å². The van der Waals surface area contributed by atoms with Crippen LogP contribution in [0.4, 0.5) is 0 Å². The molecule has 1 aromatic rings. The Hall–Kier alpha value is -0.850. The molecular weight excluding hydrogens is 192 g/mol. The SMILES string of the molecule is N#Cc1ccc(CNCC2CCC2)s1. The summed E-state index contributed by atoms with van der Waals surface area (Å²) in [5, 5.41) is 12.1. The van der Waals surface area contributed by atoms with Crippen LogP contribution in [0.15, 0.2) is 12.1 Å². The Balaban J connectivity index is 1.72. The lowest BCUT2D eigenvalue weighted by atomic mass is 9.85. The van der Waals surface area contributed by atoms with E-state index in [1.165, 1.54) is 24.1 Å². The molecule has 0 bridgehead atoms. The highest BCUT2D eigenvalue weighted by Crippen LogP contribution is 2.25. The summed E-state index contributed by atoms with van der Waals surface area (Å²) < 4.78 is 0. The number of nitrogens with one attached hydrogen (secondary N) is 1. The molecule has 3 heteroatoms. The van der Waals surface area contributed by atoms with Crippen molar-refractivity contribution in [1.82, 2.24) is 5.32 Å². The summed E-state index contributed by atoms with van der Waals surface area (Å²) in [5.41, 5.74) is 0. The predicted octanol–water partition coefficient (Wildman–Crippen LogP) is 2.51. The van der Waals surface area contributed by atoms with Gasteiger partial charge in [0.25, 0.3) is 0 Å². The van der Waals surface area contributed by atoms with Gasteiger partial charge in [0.15, 0.2) is 0 Å². The van der Waals surface area contributed by atoms with Crippen molar-refractivity contribution in [1.29, 1.82) is 5.26 Å². The van der Waals surface area contributed by atoms with Crippen molar-refractivity contribution >= 4 is 11.3 Å². The maximum atomic E-state index is 8.65. The largest absolute Gasteiger partial charge is 0.312 e. The first-order valence-electron chi connectivity index (χ1n) is 5.08. The van der Waals surface area contributed by atoms with E-state index >= 15 is 0 Å². The van der Waals surface area contributed by atoms with Crippen LogP contribution in [0.1, 0.15) is 29.0 Å². The van der Waals surface area contributed by atoms with E-state index in [1.807, 2.05) is 12.1 Å². The second-order valence-electron chi connectivity index (χ2n) is 3.81. The highest BCUT2D eigenvalue weighted by Gasteiger charge is 2.16. The van der Waals surface area contributed by atoms with Crippen LogP contribution in [0.2, 0.25) is 0 Å². The topological polar surface area (TPSA) is 35.8 Å². The van der Waals surface area contributed by atoms with Crippen LogP contribution in [0.5, 0.6) is 0 Å². The zero-order chi connectivity index (χ0) is 9.80. The predicted molar refractivity (Wildman–Crippen MR) is 58.1 cm³/mol. The molecule has 74 valence electrons. The lowest BCUT2D eigenvalue weighted by molar-refractivity contribution is 0.301. The maximum absolute atomic E-state index is 8.65. The summed E-state index contributed by atoms with van der Waals surface area (Å²) in [6, 6.07) is 6.09. The van der Waals surface area contributed by atoms with Crippen LogP contribution in [-0.2, 0) is 6.54 Å². The molecular formula is C11H14N2S. The van der Waals surface area contributed by atoms with E-state index in [4.69, 9.17) is 5.26 Å². The van der Waals surface area contributed by atoms with Gasteiger partial charge >= 0.3 is 0 Å². The molecule has 1 aromatic heterocycles. The summed E-state index contributed by atoms with van der Waals surface area (Å²) >= 11 is 1.59. The molecule has 0 atom stereocenters. The van der Waals surface area contributed by atoms with Crippen molar-refractivity contribution in [2.45, 2.75) is 25.8 Å². The minimum Gasteiger partial charge on any atom is -0.312 e. The highest BCUT2D eigenvalue weighted by atomic mass is 32.1. The third kappa shape index (κ3) is 2.34. The quantitative estimate of drug-likeness (QED) is 0.821. The minimum atomic E-state index is 0.811. The fourth-order valence-corrected chi connectivity index (χ4v) is 2.40. The average molecular weight is 206 g/mol. The van der Waals surface area contributed by atoms with Gasteiger partial charge in [-0.3, -0.25) is 0 Å². The number of rotatable bonds is 4. The zero-order valence-corrected chi connectivity index (χ0v) is 8.94. The summed E-state index contributed by atoms with van der Waals surface area (Å²) in [7, 11) is 0. The molecule has 0 unspecified atom stereocenters. The first kappa shape index (κ1) is 9.70. The van der Waals surface area contributed by atoms with E-state index in [0.717, 1.165) is 23.9 Å². The zero-order valence-electron chi connectivity index (χ0n) is 8.12. The Morgan fingerprint density at radius 3 is 2.93 bits per heavy atom. The molecule has 0 aliphatic heterocycles. The van der Waals surface area contributed by atoms with Crippen LogP contribution in [0.25, 0.3) is 0 Å². The van der Waals surface area contributed by atoms with Gasteiger partial charge in [-0.05, 0) is 37.4 Å². The van der Waals surface area contributed by atoms with E-state index in [-0.39, 0.29) is 0 Å². The molecule has 1 aliphatic carbocycles. The number of nitriles is 1. The number of hydrogen-bond donors (Lipinski definition) is 1. The molecule has 0 radical (unpaired) electrons. The van der Waals surface area contributed by atoms with Crippen molar-refractivity contribution in [3.05, 3.63) is 21.9 Å².